The number of carbonyl (C=O) groups is 1. The van der Waals surface area contributed by atoms with E-state index in [0.29, 0.717) is 5.65 Å². The molecule has 0 atom stereocenters. The Balaban J connectivity index is 2.13. The van der Waals surface area contributed by atoms with E-state index in [-0.39, 0.29) is 11.9 Å². The molecule has 2 aromatic heterocycles. The average molecular weight is 267 g/mol. The van der Waals surface area contributed by atoms with Gasteiger partial charge in [0.25, 0.3) is 0 Å². The number of benzene rings is 1. The monoisotopic (exact) mass is 267 g/mol. The second-order valence-electron chi connectivity index (χ2n) is 4.41. The van der Waals surface area contributed by atoms with E-state index in [2.05, 4.69) is 15.4 Å². The van der Waals surface area contributed by atoms with Crippen LogP contribution in [0.5, 0.6) is 0 Å². The van der Waals surface area contributed by atoms with Crippen LogP contribution in [0.25, 0.3) is 16.9 Å². The standard InChI is InChI=1S/C14H13N5O/c1-9(20)16-11-5-2-4-10(8-11)12-6-3-7-13-17-14(15)18-19(12)13/h2-8H,1H3,(H2,15,18)(H,16,20). The van der Waals surface area contributed by atoms with Gasteiger partial charge in [0, 0.05) is 18.2 Å². The smallest absolute Gasteiger partial charge is 0.240 e. The van der Waals surface area contributed by atoms with Gasteiger partial charge in [0.2, 0.25) is 11.9 Å². The first kappa shape index (κ1) is 12.2. The van der Waals surface area contributed by atoms with Gasteiger partial charge in [0.05, 0.1) is 5.69 Å². The maximum Gasteiger partial charge on any atom is 0.240 e. The van der Waals surface area contributed by atoms with Gasteiger partial charge in [-0.25, -0.2) is 4.52 Å². The molecule has 0 radical (unpaired) electrons. The fraction of sp³-hybridized carbons (Fsp3) is 0.0714. The highest BCUT2D eigenvalue weighted by molar-refractivity contribution is 5.89. The van der Waals surface area contributed by atoms with E-state index >= 15 is 0 Å². The average Bonchev–Trinajstić information content (AvgIpc) is 2.78. The van der Waals surface area contributed by atoms with E-state index in [4.69, 9.17) is 5.73 Å². The van der Waals surface area contributed by atoms with Crippen molar-refractivity contribution in [1.29, 1.82) is 0 Å². The summed E-state index contributed by atoms with van der Waals surface area (Å²) in [6, 6.07) is 13.2. The van der Waals surface area contributed by atoms with Crippen LogP contribution in [-0.2, 0) is 4.79 Å². The third kappa shape index (κ3) is 2.18. The van der Waals surface area contributed by atoms with Gasteiger partial charge in [-0.3, -0.25) is 4.79 Å². The van der Waals surface area contributed by atoms with Gasteiger partial charge in [-0.15, -0.1) is 5.10 Å². The number of fused-ring (bicyclic) bond motifs is 1. The van der Waals surface area contributed by atoms with E-state index in [1.165, 1.54) is 6.92 Å². The maximum atomic E-state index is 11.1. The van der Waals surface area contributed by atoms with E-state index in [1.807, 2.05) is 42.5 Å². The molecule has 0 aliphatic rings. The minimum atomic E-state index is -0.106. The molecule has 0 aliphatic carbocycles. The van der Waals surface area contributed by atoms with Crippen molar-refractivity contribution in [2.75, 3.05) is 11.1 Å². The Labute approximate surface area is 115 Å². The summed E-state index contributed by atoms with van der Waals surface area (Å²) < 4.78 is 1.68. The summed E-state index contributed by atoms with van der Waals surface area (Å²) >= 11 is 0. The van der Waals surface area contributed by atoms with Crippen LogP contribution in [0, 0.1) is 0 Å². The highest BCUT2D eigenvalue weighted by atomic mass is 16.1. The lowest BCUT2D eigenvalue weighted by Crippen LogP contribution is -2.05. The zero-order valence-electron chi connectivity index (χ0n) is 10.9. The molecule has 0 bridgehead atoms. The van der Waals surface area contributed by atoms with Crippen molar-refractivity contribution >= 4 is 23.2 Å². The Hall–Kier alpha value is -2.89. The number of nitrogen functional groups attached to an aromatic ring is 1. The molecule has 3 rings (SSSR count). The van der Waals surface area contributed by atoms with Crippen molar-refractivity contribution in [2.24, 2.45) is 0 Å². The number of anilines is 2. The third-order valence-corrected chi connectivity index (χ3v) is 2.85. The van der Waals surface area contributed by atoms with Crippen molar-refractivity contribution in [3.63, 3.8) is 0 Å². The van der Waals surface area contributed by atoms with Crippen molar-refractivity contribution in [3.8, 4) is 11.3 Å². The number of amides is 1. The highest BCUT2D eigenvalue weighted by Crippen LogP contribution is 2.23. The summed E-state index contributed by atoms with van der Waals surface area (Å²) in [5.41, 5.74) is 8.84. The zero-order valence-corrected chi connectivity index (χ0v) is 10.9. The summed E-state index contributed by atoms with van der Waals surface area (Å²) in [6.07, 6.45) is 0. The zero-order chi connectivity index (χ0) is 14.1. The van der Waals surface area contributed by atoms with Crippen molar-refractivity contribution in [2.45, 2.75) is 6.92 Å². The molecule has 3 N–H and O–H groups in total. The van der Waals surface area contributed by atoms with Gasteiger partial charge in [-0.05, 0) is 24.3 Å². The molecule has 100 valence electrons. The molecule has 1 aromatic carbocycles. The summed E-state index contributed by atoms with van der Waals surface area (Å²) in [6.45, 7) is 1.48. The maximum absolute atomic E-state index is 11.1. The molecule has 20 heavy (non-hydrogen) atoms. The molecule has 0 aliphatic heterocycles. The number of nitrogens with one attached hydrogen (secondary N) is 1. The largest absolute Gasteiger partial charge is 0.366 e. The van der Waals surface area contributed by atoms with Crippen molar-refractivity contribution in [3.05, 3.63) is 42.5 Å². The van der Waals surface area contributed by atoms with Gasteiger partial charge < -0.3 is 11.1 Å². The molecule has 2 heterocycles. The summed E-state index contributed by atoms with van der Waals surface area (Å²) in [4.78, 5) is 15.3. The van der Waals surface area contributed by atoms with Crippen molar-refractivity contribution in [1.82, 2.24) is 14.6 Å². The summed E-state index contributed by atoms with van der Waals surface area (Å²) in [7, 11) is 0. The molecule has 0 unspecified atom stereocenters. The molecule has 0 saturated heterocycles. The summed E-state index contributed by atoms with van der Waals surface area (Å²) in [5.74, 6) is 0.126. The minimum Gasteiger partial charge on any atom is -0.366 e. The quantitative estimate of drug-likeness (QED) is 0.743. The summed E-state index contributed by atoms with van der Waals surface area (Å²) in [5, 5.41) is 6.94. The van der Waals surface area contributed by atoms with Crippen LogP contribution in [0.15, 0.2) is 42.5 Å². The second kappa shape index (κ2) is 4.65. The first-order valence-electron chi connectivity index (χ1n) is 6.13. The molecule has 0 fully saturated rings. The molecule has 1 amide bonds. The Morgan fingerprint density at radius 1 is 1.25 bits per heavy atom. The number of aromatic nitrogens is 3. The predicted octanol–water partition coefficient (Wildman–Crippen LogP) is 1.94. The van der Waals surface area contributed by atoms with Crippen LogP contribution in [0.4, 0.5) is 11.6 Å². The van der Waals surface area contributed by atoms with Crippen LogP contribution in [0.1, 0.15) is 6.92 Å². The van der Waals surface area contributed by atoms with Crippen LogP contribution in [0.2, 0.25) is 0 Å². The fourth-order valence-corrected chi connectivity index (χ4v) is 2.10. The van der Waals surface area contributed by atoms with Crippen LogP contribution < -0.4 is 11.1 Å². The number of rotatable bonds is 2. The number of pyridine rings is 1. The Morgan fingerprint density at radius 2 is 2.05 bits per heavy atom. The predicted molar refractivity (Wildman–Crippen MR) is 77.1 cm³/mol. The normalized spacial score (nSPS) is 10.7. The molecule has 6 heteroatoms. The van der Waals surface area contributed by atoms with Gasteiger partial charge in [-0.1, -0.05) is 18.2 Å². The molecule has 3 aromatic rings. The number of nitrogens with zero attached hydrogens (tertiary/aromatic N) is 3. The van der Waals surface area contributed by atoms with E-state index < -0.39 is 0 Å². The molecule has 0 spiro atoms. The third-order valence-electron chi connectivity index (χ3n) is 2.85. The van der Waals surface area contributed by atoms with Crippen LogP contribution in [-0.4, -0.2) is 20.5 Å². The van der Waals surface area contributed by atoms with Gasteiger partial charge in [0.15, 0.2) is 5.65 Å². The highest BCUT2D eigenvalue weighted by Gasteiger charge is 2.07. The van der Waals surface area contributed by atoms with Crippen LogP contribution >= 0.6 is 0 Å². The van der Waals surface area contributed by atoms with E-state index in [1.54, 1.807) is 4.52 Å². The number of hydrogen-bond acceptors (Lipinski definition) is 4. The number of nitrogens with two attached hydrogens (primary N) is 1. The minimum absolute atomic E-state index is 0.106. The molecular weight excluding hydrogens is 254 g/mol. The SMILES string of the molecule is CC(=O)Nc1cccc(-c2cccc3nc(N)nn23)c1. The Bertz CT molecular complexity index is 793. The number of carbonyl (C=O) groups excluding carboxylic acids is 1. The molecule has 0 saturated carbocycles. The van der Waals surface area contributed by atoms with Crippen molar-refractivity contribution < 1.29 is 4.79 Å². The van der Waals surface area contributed by atoms with E-state index in [0.717, 1.165) is 16.9 Å². The van der Waals surface area contributed by atoms with Gasteiger partial charge >= 0.3 is 0 Å². The van der Waals surface area contributed by atoms with Gasteiger partial charge in [-0.2, -0.15) is 4.98 Å². The Kier molecular flexibility index (Phi) is 2.83. The first-order chi connectivity index (χ1) is 9.63. The first-order valence-corrected chi connectivity index (χ1v) is 6.13. The number of hydrogen-bond donors (Lipinski definition) is 2. The fourth-order valence-electron chi connectivity index (χ4n) is 2.10. The molecule has 6 nitrogen and oxygen atoms in total. The lowest BCUT2D eigenvalue weighted by molar-refractivity contribution is -0.114. The topological polar surface area (TPSA) is 85.3 Å². The lowest BCUT2D eigenvalue weighted by Gasteiger charge is -2.07. The second-order valence-corrected chi connectivity index (χ2v) is 4.41. The van der Waals surface area contributed by atoms with Gasteiger partial charge in [0.1, 0.15) is 0 Å². The molecular formula is C14H13N5O. The van der Waals surface area contributed by atoms with Crippen LogP contribution in [0.3, 0.4) is 0 Å². The lowest BCUT2D eigenvalue weighted by atomic mass is 10.1. The Morgan fingerprint density at radius 3 is 2.85 bits per heavy atom. The van der Waals surface area contributed by atoms with E-state index in [9.17, 15) is 4.79 Å².